The van der Waals surface area contributed by atoms with E-state index < -0.39 is 0 Å². The van der Waals surface area contributed by atoms with Crippen molar-refractivity contribution < 1.29 is 4.79 Å². The Labute approximate surface area is 135 Å². The standard InChI is InChI=1S/C15H19N5O.ClH/c1-3-11-6-4-5-10(2)14(11)18-15(21)13-9-17-20(19-13)12-7-16-8-12;/h4-6,9,12,16H,3,7-8H2,1-2H3,(H,18,21);1H. The second kappa shape index (κ2) is 6.89. The SMILES string of the molecule is CCc1cccc(C)c1NC(=O)c1cnn(C2CNC2)n1.Cl. The molecule has 0 aliphatic carbocycles. The third-order valence-electron chi connectivity index (χ3n) is 3.81. The number of aryl methyl sites for hydroxylation is 2. The lowest BCUT2D eigenvalue weighted by molar-refractivity contribution is 0.102. The number of nitrogens with one attached hydrogen (secondary N) is 2. The van der Waals surface area contributed by atoms with Crippen LogP contribution >= 0.6 is 12.4 Å². The van der Waals surface area contributed by atoms with Crippen LogP contribution < -0.4 is 10.6 Å². The number of amides is 1. The van der Waals surface area contributed by atoms with Gasteiger partial charge in [0.05, 0.1) is 12.2 Å². The van der Waals surface area contributed by atoms with Gasteiger partial charge in [-0.15, -0.1) is 17.5 Å². The molecule has 22 heavy (non-hydrogen) atoms. The fraction of sp³-hybridized carbons (Fsp3) is 0.400. The number of carbonyl (C=O) groups excluding carboxylic acids is 1. The van der Waals surface area contributed by atoms with E-state index in [-0.39, 0.29) is 24.4 Å². The van der Waals surface area contributed by atoms with Gasteiger partial charge in [0, 0.05) is 18.8 Å². The van der Waals surface area contributed by atoms with E-state index in [2.05, 4.69) is 27.8 Å². The zero-order chi connectivity index (χ0) is 14.8. The van der Waals surface area contributed by atoms with Gasteiger partial charge in [0.1, 0.15) is 0 Å². The summed E-state index contributed by atoms with van der Waals surface area (Å²) in [6.45, 7) is 5.77. The first-order valence-electron chi connectivity index (χ1n) is 7.21. The molecule has 1 fully saturated rings. The van der Waals surface area contributed by atoms with Crippen LogP contribution in [0.2, 0.25) is 0 Å². The Hall–Kier alpha value is -1.92. The summed E-state index contributed by atoms with van der Waals surface area (Å²) in [6.07, 6.45) is 2.40. The highest BCUT2D eigenvalue weighted by molar-refractivity contribution is 6.03. The third-order valence-corrected chi connectivity index (χ3v) is 3.81. The van der Waals surface area contributed by atoms with E-state index in [4.69, 9.17) is 0 Å². The van der Waals surface area contributed by atoms with Crippen LogP contribution in [0.1, 0.15) is 34.6 Å². The van der Waals surface area contributed by atoms with Gasteiger partial charge in [-0.3, -0.25) is 4.79 Å². The maximum atomic E-state index is 12.3. The molecule has 0 atom stereocenters. The van der Waals surface area contributed by atoms with Crippen LogP contribution in [0.5, 0.6) is 0 Å². The zero-order valence-electron chi connectivity index (χ0n) is 12.7. The Bertz CT molecular complexity index is 666. The summed E-state index contributed by atoms with van der Waals surface area (Å²) >= 11 is 0. The zero-order valence-corrected chi connectivity index (χ0v) is 13.5. The summed E-state index contributed by atoms with van der Waals surface area (Å²) in [6, 6.07) is 6.28. The quantitative estimate of drug-likeness (QED) is 0.903. The van der Waals surface area contributed by atoms with Gasteiger partial charge in [-0.1, -0.05) is 25.1 Å². The van der Waals surface area contributed by atoms with Crippen LogP contribution in [0.4, 0.5) is 5.69 Å². The molecule has 1 aromatic carbocycles. The average Bonchev–Trinajstić information content (AvgIpc) is 2.88. The molecule has 1 amide bonds. The van der Waals surface area contributed by atoms with E-state index in [0.29, 0.717) is 5.69 Å². The molecule has 1 saturated heterocycles. The summed E-state index contributed by atoms with van der Waals surface area (Å²) in [5.74, 6) is -0.211. The van der Waals surface area contributed by atoms with E-state index in [1.54, 1.807) is 4.80 Å². The molecule has 1 aliphatic heterocycles. The van der Waals surface area contributed by atoms with Gasteiger partial charge >= 0.3 is 0 Å². The van der Waals surface area contributed by atoms with Gasteiger partial charge in [-0.2, -0.15) is 9.90 Å². The molecule has 0 radical (unpaired) electrons. The lowest BCUT2D eigenvalue weighted by Crippen LogP contribution is -2.44. The molecule has 0 saturated carbocycles. The Morgan fingerprint density at radius 1 is 1.45 bits per heavy atom. The van der Waals surface area contributed by atoms with Gasteiger partial charge < -0.3 is 10.6 Å². The minimum absolute atomic E-state index is 0. The number of anilines is 1. The predicted octanol–water partition coefficient (Wildman–Crippen LogP) is 1.97. The number of benzene rings is 1. The highest BCUT2D eigenvalue weighted by Gasteiger charge is 2.22. The summed E-state index contributed by atoms with van der Waals surface area (Å²) < 4.78 is 0. The van der Waals surface area contributed by atoms with Gasteiger partial charge in [0.2, 0.25) is 0 Å². The highest BCUT2D eigenvalue weighted by Crippen LogP contribution is 2.21. The van der Waals surface area contributed by atoms with Gasteiger partial charge in [-0.05, 0) is 24.5 Å². The van der Waals surface area contributed by atoms with Crippen LogP contribution in [0.3, 0.4) is 0 Å². The first kappa shape index (κ1) is 16.5. The van der Waals surface area contributed by atoms with Crippen molar-refractivity contribution in [3.8, 4) is 0 Å². The topological polar surface area (TPSA) is 71.8 Å². The molecule has 0 unspecified atom stereocenters. The van der Waals surface area contributed by atoms with Crippen molar-refractivity contribution >= 4 is 24.0 Å². The first-order valence-corrected chi connectivity index (χ1v) is 7.21. The summed E-state index contributed by atoms with van der Waals surface area (Å²) in [5.41, 5.74) is 3.41. The number of para-hydroxylation sites is 1. The molecule has 3 rings (SSSR count). The van der Waals surface area contributed by atoms with Crippen molar-refractivity contribution in [3.05, 3.63) is 41.2 Å². The summed E-state index contributed by atoms with van der Waals surface area (Å²) in [5, 5.41) is 14.6. The predicted molar refractivity (Wildman–Crippen MR) is 87.7 cm³/mol. The van der Waals surface area contributed by atoms with Crippen molar-refractivity contribution in [1.82, 2.24) is 20.3 Å². The van der Waals surface area contributed by atoms with Crippen LogP contribution in [0, 0.1) is 6.92 Å². The highest BCUT2D eigenvalue weighted by atomic mass is 35.5. The number of aromatic nitrogens is 3. The fourth-order valence-corrected chi connectivity index (χ4v) is 2.37. The summed E-state index contributed by atoms with van der Waals surface area (Å²) in [4.78, 5) is 13.9. The van der Waals surface area contributed by atoms with Crippen molar-refractivity contribution in [1.29, 1.82) is 0 Å². The smallest absolute Gasteiger partial charge is 0.277 e. The third kappa shape index (κ3) is 3.13. The normalized spacial score (nSPS) is 14.1. The van der Waals surface area contributed by atoms with E-state index in [0.717, 1.165) is 36.3 Å². The largest absolute Gasteiger partial charge is 0.320 e. The van der Waals surface area contributed by atoms with Crippen molar-refractivity contribution in [2.45, 2.75) is 26.3 Å². The Morgan fingerprint density at radius 3 is 2.86 bits per heavy atom. The van der Waals surface area contributed by atoms with Crippen molar-refractivity contribution in [3.63, 3.8) is 0 Å². The lowest BCUT2D eigenvalue weighted by Gasteiger charge is -2.25. The minimum Gasteiger partial charge on any atom is -0.320 e. The van der Waals surface area contributed by atoms with Gasteiger partial charge in [-0.25, -0.2) is 0 Å². The number of rotatable bonds is 4. The second-order valence-electron chi connectivity index (χ2n) is 5.28. The molecule has 2 N–H and O–H groups in total. The molecule has 1 aromatic heterocycles. The maximum Gasteiger partial charge on any atom is 0.277 e. The molecule has 0 bridgehead atoms. The average molecular weight is 322 g/mol. The lowest BCUT2D eigenvalue weighted by atomic mass is 10.1. The maximum absolute atomic E-state index is 12.3. The molecule has 1 aliphatic rings. The van der Waals surface area contributed by atoms with Crippen molar-refractivity contribution in [2.24, 2.45) is 0 Å². The number of hydrogen-bond donors (Lipinski definition) is 2. The Balaban J connectivity index is 0.00000176. The number of nitrogens with zero attached hydrogens (tertiary/aromatic N) is 3. The first-order chi connectivity index (χ1) is 10.2. The molecule has 7 heteroatoms. The second-order valence-corrected chi connectivity index (χ2v) is 5.28. The molecule has 118 valence electrons. The van der Waals surface area contributed by atoms with E-state index >= 15 is 0 Å². The molecule has 2 heterocycles. The summed E-state index contributed by atoms with van der Waals surface area (Å²) in [7, 11) is 0. The molecule has 2 aromatic rings. The van der Waals surface area contributed by atoms with Crippen LogP contribution in [-0.4, -0.2) is 34.0 Å². The molecule has 6 nitrogen and oxygen atoms in total. The van der Waals surface area contributed by atoms with E-state index in [1.165, 1.54) is 6.20 Å². The van der Waals surface area contributed by atoms with Gasteiger partial charge in [0.15, 0.2) is 5.69 Å². The molecule has 0 spiro atoms. The Morgan fingerprint density at radius 2 is 2.23 bits per heavy atom. The van der Waals surface area contributed by atoms with E-state index in [1.807, 2.05) is 25.1 Å². The molecular formula is C15H20ClN5O. The number of carbonyl (C=O) groups is 1. The van der Waals surface area contributed by atoms with E-state index in [9.17, 15) is 4.79 Å². The minimum atomic E-state index is -0.211. The number of halogens is 1. The Kier molecular flexibility index (Phi) is 5.15. The van der Waals surface area contributed by atoms with Crippen LogP contribution in [-0.2, 0) is 6.42 Å². The number of hydrogen-bond acceptors (Lipinski definition) is 4. The monoisotopic (exact) mass is 321 g/mol. The molecular weight excluding hydrogens is 302 g/mol. The van der Waals surface area contributed by atoms with Crippen LogP contribution in [0.25, 0.3) is 0 Å². The van der Waals surface area contributed by atoms with Gasteiger partial charge in [0.25, 0.3) is 5.91 Å². The van der Waals surface area contributed by atoms with Crippen LogP contribution in [0.15, 0.2) is 24.4 Å². The van der Waals surface area contributed by atoms with Crippen molar-refractivity contribution in [2.75, 3.05) is 18.4 Å². The fourth-order valence-electron chi connectivity index (χ4n) is 2.37.